The third-order valence-electron chi connectivity index (χ3n) is 7.79. The molecule has 3 aromatic carbocycles. The summed E-state index contributed by atoms with van der Waals surface area (Å²) in [6.07, 6.45) is 3.61. The van der Waals surface area contributed by atoms with Gasteiger partial charge >= 0.3 is 0 Å². The summed E-state index contributed by atoms with van der Waals surface area (Å²) < 4.78 is 63.1. The van der Waals surface area contributed by atoms with E-state index in [2.05, 4.69) is 10.3 Å². The Morgan fingerprint density at radius 1 is 0.957 bits per heavy atom. The summed E-state index contributed by atoms with van der Waals surface area (Å²) in [5.41, 5.74) is 8.36. The number of furan rings is 1. The average Bonchev–Trinajstić information content (AvgIpc) is 3.46. The second kappa shape index (κ2) is 12.5. The van der Waals surface area contributed by atoms with Crippen LogP contribution in [0.4, 0.5) is 23.4 Å². The number of hydrogen-bond acceptors (Lipinski definition) is 5. The molecule has 0 bridgehead atoms. The van der Waals surface area contributed by atoms with Crippen molar-refractivity contribution >= 4 is 34.7 Å². The van der Waals surface area contributed by atoms with Crippen LogP contribution in [0, 0.1) is 11.6 Å². The highest BCUT2D eigenvalue weighted by Crippen LogP contribution is 2.37. The lowest BCUT2D eigenvalue weighted by atomic mass is 9.95. The zero-order chi connectivity index (χ0) is 32.4. The maximum absolute atomic E-state index is 15.6. The number of nitrogen functional groups attached to an aromatic ring is 1. The van der Waals surface area contributed by atoms with Crippen LogP contribution in [0.5, 0.6) is 0 Å². The Hall–Kier alpha value is -5.45. The lowest BCUT2D eigenvalue weighted by Crippen LogP contribution is -2.42. The van der Waals surface area contributed by atoms with Crippen molar-refractivity contribution in [3.8, 4) is 22.3 Å². The fraction of sp³-hybridized carbons (Fsp3) is 0.171. The van der Waals surface area contributed by atoms with Crippen LogP contribution < -0.4 is 11.1 Å². The molecule has 1 fully saturated rings. The van der Waals surface area contributed by atoms with Crippen LogP contribution >= 0.6 is 0 Å². The van der Waals surface area contributed by atoms with E-state index in [0.717, 1.165) is 6.07 Å². The monoisotopic (exact) mass is 628 g/mol. The zero-order valence-corrected chi connectivity index (χ0v) is 24.4. The second-order valence-electron chi connectivity index (χ2n) is 11.1. The molecular formula is C35H28F4N4O3. The van der Waals surface area contributed by atoms with Gasteiger partial charge in [0.05, 0.1) is 6.54 Å². The Balaban J connectivity index is 1.28. The molecular weight excluding hydrogens is 600 g/mol. The summed E-state index contributed by atoms with van der Waals surface area (Å²) in [5, 5.41) is 3.33. The van der Waals surface area contributed by atoms with Crippen molar-refractivity contribution in [1.29, 1.82) is 0 Å². The van der Waals surface area contributed by atoms with Gasteiger partial charge < -0.3 is 20.4 Å². The number of alkyl halides is 2. The number of fused-ring (bicyclic) bond motifs is 1. The molecule has 3 heterocycles. The van der Waals surface area contributed by atoms with E-state index < -0.39 is 36.3 Å². The van der Waals surface area contributed by atoms with Crippen LogP contribution in [0.15, 0.2) is 89.5 Å². The van der Waals surface area contributed by atoms with Crippen LogP contribution in [0.3, 0.4) is 0 Å². The standard InChI is InChI=1S/C35H28F4N4O3/c36-26-3-1-2-22(15-26)29-17-24(28-7-6-23(18-30(28)37)34(45)43-12-10-35(38,39)11-13-43)14-25-16-27(46-33(25)29)20-42-32(44)9-5-21-4-8-31(40)41-19-21/h1-9,14-19H,10-13,20H2,(H2,40,41)(H,42,44). The predicted octanol–water partition coefficient (Wildman–Crippen LogP) is 7.22. The number of nitrogens with two attached hydrogens (primary N) is 1. The molecule has 46 heavy (non-hydrogen) atoms. The molecule has 2 aromatic heterocycles. The summed E-state index contributed by atoms with van der Waals surface area (Å²) in [6, 6.07) is 18.3. The van der Waals surface area contributed by atoms with E-state index in [4.69, 9.17) is 10.2 Å². The van der Waals surface area contributed by atoms with Crippen molar-refractivity contribution in [3.63, 3.8) is 0 Å². The molecule has 0 radical (unpaired) electrons. The third-order valence-corrected chi connectivity index (χ3v) is 7.79. The summed E-state index contributed by atoms with van der Waals surface area (Å²) in [5.74, 6) is -4.08. The number of pyridine rings is 1. The Morgan fingerprint density at radius 3 is 2.48 bits per heavy atom. The van der Waals surface area contributed by atoms with Gasteiger partial charge in [0.25, 0.3) is 11.8 Å². The number of amides is 2. The molecule has 0 atom stereocenters. The van der Waals surface area contributed by atoms with E-state index in [9.17, 15) is 22.8 Å². The largest absolute Gasteiger partial charge is 0.459 e. The number of anilines is 1. The lowest BCUT2D eigenvalue weighted by Gasteiger charge is -2.31. The molecule has 0 spiro atoms. The van der Waals surface area contributed by atoms with E-state index in [-0.39, 0.29) is 36.7 Å². The van der Waals surface area contributed by atoms with Gasteiger partial charge in [-0.25, -0.2) is 22.5 Å². The van der Waals surface area contributed by atoms with E-state index >= 15 is 4.39 Å². The van der Waals surface area contributed by atoms with Gasteiger partial charge in [0.15, 0.2) is 0 Å². The SMILES string of the molecule is Nc1ccc(C=CC(=O)NCc2cc3cc(-c4ccc(C(=O)N5CCC(F)(F)CC5)cc4F)cc(-c4cccc(F)c4)c3o2)cn1. The quantitative estimate of drug-likeness (QED) is 0.146. The van der Waals surface area contributed by atoms with Crippen molar-refractivity contribution in [2.24, 2.45) is 0 Å². The van der Waals surface area contributed by atoms with Gasteiger partial charge in [-0.2, -0.15) is 0 Å². The molecule has 1 aliphatic heterocycles. The van der Waals surface area contributed by atoms with Crippen LogP contribution in [-0.4, -0.2) is 40.7 Å². The first-order chi connectivity index (χ1) is 22.0. The molecule has 6 rings (SSSR count). The highest BCUT2D eigenvalue weighted by molar-refractivity contribution is 5.98. The molecule has 7 nitrogen and oxygen atoms in total. The zero-order valence-electron chi connectivity index (χ0n) is 24.4. The Morgan fingerprint density at radius 2 is 1.76 bits per heavy atom. The van der Waals surface area contributed by atoms with Crippen LogP contribution in [0.2, 0.25) is 0 Å². The van der Waals surface area contributed by atoms with Gasteiger partial charge in [0.2, 0.25) is 5.91 Å². The minimum atomic E-state index is -2.81. The number of carbonyl (C=O) groups excluding carboxylic acids is 2. The van der Waals surface area contributed by atoms with Gasteiger partial charge in [-0.1, -0.05) is 18.2 Å². The molecule has 5 aromatic rings. The third kappa shape index (κ3) is 6.78. The van der Waals surface area contributed by atoms with E-state index in [1.54, 1.807) is 48.5 Å². The molecule has 1 saturated heterocycles. The summed E-state index contributed by atoms with van der Waals surface area (Å²) in [4.78, 5) is 30.6. The number of nitrogens with one attached hydrogen (secondary N) is 1. The Kier molecular flexibility index (Phi) is 8.31. The summed E-state index contributed by atoms with van der Waals surface area (Å²) in [6.45, 7) is -0.172. The molecule has 3 N–H and O–H groups in total. The van der Waals surface area contributed by atoms with Crippen molar-refractivity contribution in [2.45, 2.75) is 25.3 Å². The number of likely N-dealkylation sites (tertiary alicyclic amines) is 1. The predicted molar refractivity (Wildman–Crippen MR) is 167 cm³/mol. The number of carbonyl (C=O) groups is 2. The number of piperidine rings is 1. The number of hydrogen-bond donors (Lipinski definition) is 2. The van der Waals surface area contributed by atoms with Gasteiger partial charge in [-0.05, 0) is 77.4 Å². The van der Waals surface area contributed by atoms with Crippen LogP contribution in [0.25, 0.3) is 39.3 Å². The summed E-state index contributed by atoms with van der Waals surface area (Å²) in [7, 11) is 0. The van der Waals surface area contributed by atoms with Crippen molar-refractivity contribution in [2.75, 3.05) is 18.8 Å². The summed E-state index contributed by atoms with van der Waals surface area (Å²) >= 11 is 0. The van der Waals surface area contributed by atoms with Gasteiger partial charge in [0, 0.05) is 60.3 Å². The second-order valence-corrected chi connectivity index (χ2v) is 11.1. The van der Waals surface area contributed by atoms with Crippen molar-refractivity contribution in [1.82, 2.24) is 15.2 Å². The fourth-order valence-corrected chi connectivity index (χ4v) is 5.34. The number of aromatic nitrogens is 1. The first-order valence-electron chi connectivity index (χ1n) is 14.5. The normalized spacial score (nSPS) is 14.6. The molecule has 2 amide bonds. The van der Waals surface area contributed by atoms with Crippen LogP contribution in [0.1, 0.15) is 34.5 Å². The maximum Gasteiger partial charge on any atom is 0.253 e. The van der Waals surface area contributed by atoms with Crippen LogP contribution in [-0.2, 0) is 11.3 Å². The number of rotatable bonds is 7. The average molecular weight is 629 g/mol. The van der Waals surface area contributed by atoms with Gasteiger partial charge in [-0.3, -0.25) is 9.59 Å². The first-order valence-corrected chi connectivity index (χ1v) is 14.5. The molecule has 0 aliphatic carbocycles. The van der Waals surface area contributed by atoms with Gasteiger partial charge in [0.1, 0.15) is 28.8 Å². The minimum absolute atomic E-state index is 0.0450. The lowest BCUT2D eigenvalue weighted by molar-refractivity contribution is -0.116. The van der Waals surface area contributed by atoms with Crippen molar-refractivity contribution in [3.05, 3.63) is 114 Å². The topological polar surface area (TPSA) is 101 Å². The van der Waals surface area contributed by atoms with E-state index in [0.29, 0.717) is 44.8 Å². The van der Waals surface area contributed by atoms with E-state index in [1.807, 2.05) is 0 Å². The minimum Gasteiger partial charge on any atom is -0.459 e. The molecule has 1 aliphatic rings. The van der Waals surface area contributed by atoms with Gasteiger partial charge in [-0.15, -0.1) is 0 Å². The van der Waals surface area contributed by atoms with Crippen molar-refractivity contribution < 1.29 is 31.6 Å². The highest BCUT2D eigenvalue weighted by atomic mass is 19.3. The fourth-order valence-electron chi connectivity index (χ4n) is 5.34. The Bertz CT molecular complexity index is 1960. The Labute approximate surface area is 261 Å². The number of benzene rings is 3. The molecule has 0 unspecified atom stereocenters. The highest BCUT2D eigenvalue weighted by Gasteiger charge is 2.36. The number of nitrogens with zero attached hydrogens (tertiary/aromatic N) is 2. The maximum atomic E-state index is 15.6. The first kappa shape index (κ1) is 30.6. The molecule has 0 saturated carbocycles. The smallest absolute Gasteiger partial charge is 0.253 e. The molecule has 11 heteroatoms. The molecule has 234 valence electrons. The van der Waals surface area contributed by atoms with E-state index in [1.165, 1.54) is 41.4 Å². The number of halogens is 4.